The highest BCUT2D eigenvalue weighted by molar-refractivity contribution is 7.89. The molecule has 0 aliphatic carbocycles. The normalized spacial score (nSPS) is 20.4. The van der Waals surface area contributed by atoms with Crippen molar-refractivity contribution in [3.05, 3.63) is 42.5 Å². The Morgan fingerprint density at radius 2 is 2.12 bits per heavy atom. The number of hydrogen-bond acceptors (Lipinski definition) is 6. The average Bonchev–Trinajstić information content (AvgIpc) is 3.27. The van der Waals surface area contributed by atoms with E-state index in [2.05, 4.69) is 15.4 Å². The summed E-state index contributed by atoms with van der Waals surface area (Å²) < 4.78 is 32.4. The lowest BCUT2D eigenvalue weighted by Crippen LogP contribution is -2.43. The molecule has 1 N–H and O–H groups in total. The Bertz CT molecular complexity index is 867. The van der Waals surface area contributed by atoms with Crippen molar-refractivity contribution in [1.82, 2.24) is 24.4 Å². The number of rotatable bonds is 6. The molecule has 1 saturated heterocycles. The van der Waals surface area contributed by atoms with Crippen LogP contribution in [0.5, 0.6) is 0 Å². The number of hydrogen-bond donors (Lipinski definition) is 1. The number of para-hydroxylation sites is 1. The number of carbonyl (C=O) groups excluding carboxylic acids is 1. The van der Waals surface area contributed by atoms with Gasteiger partial charge in [-0.3, -0.25) is 4.79 Å². The molecular weight excluding hydrogens is 358 g/mol. The number of benzene rings is 1. The van der Waals surface area contributed by atoms with Crippen LogP contribution in [0, 0.1) is 5.92 Å². The van der Waals surface area contributed by atoms with Crippen LogP contribution in [0.1, 0.15) is 10.4 Å². The van der Waals surface area contributed by atoms with Crippen LogP contribution >= 0.6 is 0 Å². The Hall–Kier alpha value is -2.30. The Labute approximate surface area is 152 Å². The molecule has 10 heteroatoms. The fraction of sp³-hybridized carbons (Fsp3) is 0.438. The summed E-state index contributed by atoms with van der Waals surface area (Å²) in [6, 6.07) is 6.64. The van der Waals surface area contributed by atoms with Gasteiger partial charge in [0.25, 0.3) is 5.91 Å². The summed E-state index contributed by atoms with van der Waals surface area (Å²) in [5.41, 5.74) is 1.03. The molecule has 1 aromatic carbocycles. The number of amides is 1. The molecule has 1 aliphatic heterocycles. The minimum Gasteiger partial charge on any atom is -0.379 e. The van der Waals surface area contributed by atoms with Crippen molar-refractivity contribution in [2.75, 3.05) is 33.1 Å². The van der Waals surface area contributed by atoms with Crippen molar-refractivity contribution in [2.45, 2.75) is 6.04 Å². The minimum absolute atomic E-state index is 0.0737. The molecule has 1 amide bonds. The van der Waals surface area contributed by atoms with E-state index < -0.39 is 10.0 Å². The van der Waals surface area contributed by atoms with E-state index in [1.807, 2.05) is 0 Å². The zero-order chi connectivity index (χ0) is 18.7. The largest absolute Gasteiger partial charge is 0.379 e. The second-order valence-corrected chi connectivity index (χ2v) is 8.52. The Balaban J connectivity index is 1.76. The fourth-order valence-electron chi connectivity index (χ4n) is 2.79. The highest BCUT2D eigenvalue weighted by Gasteiger charge is 2.34. The predicted molar refractivity (Wildman–Crippen MR) is 94.4 cm³/mol. The molecule has 3 rings (SSSR count). The number of nitrogens with one attached hydrogen (secondary N) is 1. The van der Waals surface area contributed by atoms with Gasteiger partial charge in [0.2, 0.25) is 10.0 Å². The molecule has 26 heavy (non-hydrogen) atoms. The van der Waals surface area contributed by atoms with Gasteiger partial charge in [-0.25, -0.2) is 22.4 Å². The molecular formula is C16H21N5O4S. The number of ether oxygens (including phenoxy) is 1. The average molecular weight is 379 g/mol. The summed E-state index contributed by atoms with van der Waals surface area (Å²) in [6.45, 7) is 0.577. The molecule has 9 nitrogen and oxygen atoms in total. The van der Waals surface area contributed by atoms with E-state index in [-0.39, 0.29) is 30.2 Å². The lowest BCUT2D eigenvalue weighted by Gasteiger charge is -2.21. The molecule has 2 atom stereocenters. The van der Waals surface area contributed by atoms with Crippen molar-refractivity contribution in [1.29, 1.82) is 0 Å². The lowest BCUT2D eigenvalue weighted by molar-refractivity contribution is 0.0926. The van der Waals surface area contributed by atoms with Crippen LogP contribution in [-0.2, 0) is 14.8 Å². The predicted octanol–water partition coefficient (Wildman–Crippen LogP) is -0.0965. The summed E-state index contributed by atoms with van der Waals surface area (Å²) in [7, 11) is -0.393. The first-order valence-corrected chi connectivity index (χ1v) is 9.72. The first-order chi connectivity index (χ1) is 12.4. The molecule has 0 unspecified atom stereocenters. The van der Waals surface area contributed by atoms with Crippen LogP contribution in [-0.4, -0.2) is 72.5 Å². The van der Waals surface area contributed by atoms with Crippen LogP contribution in [0.25, 0.3) is 5.69 Å². The maximum Gasteiger partial charge on any atom is 0.253 e. The van der Waals surface area contributed by atoms with Crippen molar-refractivity contribution in [2.24, 2.45) is 5.92 Å². The third kappa shape index (κ3) is 3.92. The quantitative estimate of drug-likeness (QED) is 0.751. The van der Waals surface area contributed by atoms with Crippen molar-refractivity contribution >= 4 is 15.9 Å². The van der Waals surface area contributed by atoms with E-state index >= 15 is 0 Å². The van der Waals surface area contributed by atoms with Gasteiger partial charge in [0.1, 0.15) is 12.7 Å². The zero-order valence-corrected chi connectivity index (χ0v) is 15.4. The van der Waals surface area contributed by atoms with E-state index in [1.54, 1.807) is 24.3 Å². The molecule has 1 aliphatic rings. The standard InChI is InChI=1S/C16H21N5O4S/c1-20(2)26(23,24)9-12-7-25-8-14(12)19-16(22)13-5-3-4-6-15(13)21-11-17-10-18-21/h3-6,10-12,14H,7-9H2,1-2H3,(H,19,22)/t12-,14-/m0/s1. The molecule has 140 valence electrons. The van der Waals surface area contributed by atoms with Gasteiger partial charge < -0.3 is 10.1 Å². The van der Waals surface area contributed by atoms with Gasteiger partial charge in [0, 0.05) is 20.0 Å². The SMILES string of the molecule is CN(C)S(=O)(=O)C[C@@H]1COC[C@@H]1NC(=O)c1ccccc1-n1cncn1. The van der Waals surface area contributed by atoms with Gasteiger partial charge in [0.05, 0.1) is 36.3 Å². The van der Waals surface area contributed by atoms with Crippen LogP contribution in [0.3, 0.4) is 0 Å². The molecule has 0 spiro atoms. The molecule has 0 bridgehead atoms. The van der Waals surface area contributed by atoms with E-state index in [4.69, 9.17) is 4.74 Å². The van der Waals surface area contributed by atoms with Gasteiger partial charge in [-0.15, -0.1) is 0 Å². The van der Waals surface area contributed by atoms with E-state index in [0.717, 1.165) is 0 Å². The van der Waals surface area contributed by atoms with Gasteiger partial charge in [-0.2, -0.15) is 5.10 Å². The van der Waals surface area contributed by atoms with Crippen LogP contribution in [0.15, 0.2) is 36.9 Å². The highest BCUT2D eigenvalue weighted by Crippen LogP contribution is 2.19. The van der Waals surface area contributed by atoms with Gasteiger partial charge >= 0.3 is 0 Å². The highest BCUT2D eigenvalue weighted by atomic mass is 32.2. The second kappa shape index (κ2) is 7.52. The van der Waals surface area contributed by atoms with Crippen LogP contribution < -0.4 is 5.32 Å². The first-order valence-electron chi connectivity index (χ1n) is 8.11. The maximum atomic E-state index is 12.8. The van der Waals surface area contributed by atoms with Crippen LogP contribution in [0.2, 0.25) is 0 Å². The minimum atomic E-state index is -3.38. The number of aromatic nitrogens is 3. The lowest BCUT2D eigenvalue weighted by atomic mass is 10.1. The van der Waals surface area contributed by atoms with E-state index in [1.165, 1.54) is 35.7 Å². The Kier molecular flexibility index (Phi) is 5.35. The zero-order valence-electron chi connectivity index (χ0n) is 14.6. The van der Waals surface area contributed by atoms with Crippen LogP contribution in [0.4, 0.5) is 0 Å². The van der Waals surface area contributed by atoms with E-state index in [9.17, 15) is 13.2 Å². The molecule has 0 saturated carbocycles. The first kappa shape index (κ1) is 18.5. The summed E-state index contributed by atoms with van der Waals surface area (Å²) in [6.07, 6.45) is 2.90. The summed E-state index contributed by atoms with van der Waals surface area (Å²) >= 11 is 0. The van der Waals surface area contributed by atoms with Crippen molar-refractivity contribution in [3.63, 3.8) is 0 Å². The maximum absolute atomic E-state index is 12.8. The van der Waals surface area contributed by atoms with Gasteiger partial charge in [0.15, 0.2) is 0 Å². The van der Waals surface area contributed by atoms with Crippen molar-refractivity contribution in [3.8, 4) is 5.69 Å². The monoisotopic (exact) mass is 379 g/mol. The van der Waals surface area contributed by atoms with Gasteiger partial charge in [-0.05, 0) is 12.1 Å². The third-order valence-electron chi connectivity index (χ3n) is 4.31. The molecule has 1 aromatic heterocycles. The number of nitrogens with zero attached hydrogens (tertiary/aromatic N) is 4. The topological polar surface area (TPSA) is 106 Å². The molecule has 2 aromatic rings. The summed E-state index contributed by atoms with van der Waals surface area (Å²) in [4.78, 5) is 16.7. The summed E-state index contributed by atoms with van der Waals surface area (Å²) in [5, 5.41) is 6.96. The van der Waals surface area contributed by atoms with Crippen molar-refractivity contribution < 1.29 is 17.9 Å². The number of carbonyl (C=O) groups is 1. The molecule has 0 radical (unpaired) electrons. The Morgan fingerprint density at radius 1 is 1.35 bits per heavy atom. The molecule has 1 fully saturated rings. The van der Waals surface area contributed by atoms with E-state index in [0.29, 0.717) is 17.9 Å². The Morgan fingerprint density at radius 3 is 2.81 bits per heavy atom. The number of sulfonamides is 1. The van der Waals surface area contributed by atoms with Gasteiger partial charge in [-0.1, -0.05) is 12.1 Å². The second-order valence-electron chi connectivity index (χ2n) is 6.30. The summed E-state index contributed by atoms with van der Waals surface area (Å²) in [5.74, 6) is -0.681. The molecule has 2 heterocycles. The fourth-order valence-corrected chi connectivity index (χ4v) is 3.95. The smallest absolute Gasteiger partial charge is 0.253 e. The third-order valence-corrected chi connectivity index (χ3v) is 6.27.